The average Bonchev–Trinajstić information content (AvgIpc) is 3.59. The lowest BCUT2D eigenvalue weighted by atomic mass is 9.89. The summed E-state index contributed by atoms with van der Waals surface area (Å²) in [6, 6.07) is 15.4. The molecule has 53 heavy (non-hydrogen) atoms. The number of fused-ring (bicyclic) bond motifs is 2. The highest BCUT2D eigenvalue weighted by atomic mass is 127. The van der Waals surface area contributed by atoms with Crippen molar-refractivity contribution in [3.05, 3.63) is 63.9 Å². The number of nitrogens with zero attached hydrogens (tertiary/aromatic N) is 7. The molecule has 2 atom stereocenters. The van der Waals surface area contributed by atoms with Crippen molar-refractivity contribution in [2.75, 3.05) is 55.7 Å². The molecule has 0 spiro atoms. The van der Waals surface area contributed by atoms with Gasteiger partial charge in [-0.25, -0.2) is 0 Å². The zero-order valence-corrected chi connectivity index (χ0v) is 33.9. The molecule has 0 radical (unpaired) electrons. The minimum absolute atomic E-state index is 0.158. The Bertz CT molecular complexity index is 1880. The van der Waals surface area contributed by atoms with Gasteiger partial charge in [-0.15, -0.1) is 0 Å². The van der Waals surface area contributed by atoms with Crippen molar-refractivity contribution in [3.63, 3.8) is 0 Å². The van der Waals surface area contributed by atoms with Crippen molar-refractivity contribution in [1.29, 1.82) is 5.26 Å². The van der Waals surface area contributed by atoms with Gasteiger partial charge in [-0.1, -0.05) is 30.8 Å². The number of halogens is 1. The normalized spacial score (nSPS) is 19.5. The third-order valence-corrected chi connectivity index (χ3v) is 11.5. The van der Waals surface area contributed by atoms with Gasteiger partial charge in [-0.2, -0.15) is 15.2 Å². The van der Waals surface area contributed by atoms with E-state index in [-0.39, 0.29) is 30.4 Å². The summed E-state index contributed by atoms with van der Waals surface area (Å²) in [6.07, 6.45) is 5.04. The molecule has 282 valence electrons. The molecule has 3 aliphatic heterocycles. The highest BCUT2D eigenvalue weighted by Gasteiger charge is 2.36. The van der Waals surface area contributed by atoms with E-state index in [4.69, 9.17) is 19.4 Å². The standard InChI is InChI=1S/C41H52IN7O4/c1-7-35(50)49-24-23-48(25-29(49)16-19-43)37-31-17-21-47(34-15-9-12-28-11-8-14-32(42)36(28)34)26-33(31)44-39(45-37)52-27-30-13-10-20-46(30)22-18-41(5,6)38(51)53-40(2,3)4/h7-9,11-12,14-15,29-30H,1,10,13,16-18,20-27H2,2-6H3/t29-,30-/m0/s1. The van der Waals surface area contributed by atoms with E-state index in [0.29, 0.717) is 45.2 Å². The van der Waals surface area contributed by atoms with Gasteiger partial charge in [0.2, 0.25) is 5.91 Å². The van der Waals surface area contributed by atoms with Gasteiger partial charge >= 0.3 is 12.0 Å². The van der Waals surface area contributed by atoms with Gasteiger partial charge < -0.3 is 24.2 Å². The summed E-state index contributed by atoms with van der Waals surface area (Å²) >= 11 is 2.42. The van der Waals surface area contributed by atoms with Crippen LogP contribution < -0.4 is 14.5 Å². The first kappa shape index (κ1) is 38.8. The number of ether oxygens (including phenoxy) is 2. The van der Waals surface area contributed by atoms with Crippen LogP contribution in [-0.4, -0.2) is 95.2 Å². The van der Waals surface area contributed by atoms with Gasteiger partial charge in [0.15, 0.2) is 0 Å². The Morgan fingerprint density at radius 1 is 1.04 bits per heavy atom. The van der Waals surface area contributed by atoms with Crippen molar-refractivity contribution in [2.24, 2.45) is 5.41 Å². The number of hydrogen-bond donors (Lipinski definition) is 0. The fourth-order valence-corrected chi connectivity index (χ4v) is 8.48. The number of benzene rings is 2. The van der Waals surface area contributed by atoms with Crippen LogP contribution in [0.25, 0.3) is 10.8 Å². The molecule has 0 unspecified atom stereocenters. The van der Waals surface area contributed by atoms with Crippen molar-refractivity contribution in [2.45, 2.75) is 91.0 Å². The number of anilines is 2. The molecule has 12 heteroatoms. The number of carbonyl (C=O) groups is 2. The third-order valence-electron chi connectivity index (χ3n) is 10.6. The van der Waals surface area contributed by atoms with E-state index in [1.807, 2.05) is 34.6 Å². The molecule has 4 heterocycles. The first-order valence-electron chi connectivity index (χ1n) is 18.7. The number of nitriles is 1. The second-order valence-corrected chi connectivity index (χ2v) is 17.2. The molecule has 11 nitrogen and oxygen atoms in total. The maximum atomic E-state index is 12.9. The Morgan fingerprint density at radius 3 is 2.55 bits per heavy atom. The highest BCUT2D eigenvalue weighted by molar-refractivity contribution is 14.1. The Kier molecular flexibility index (Phi) is 11.8. The lowest BCUT2D eigenvalue weighted by Crippen LogP contribution is -2.55. The maximum Gasteiger partial charge on any atom is 0.318 e. The van der Waals surface area contributed by atoms with E-state index in [1.165, 1.54) is 26.1 Å². The number of carbonyl (C=O) groups excluding carboxylic acids is 2. The predicted molar refractivity (Wildman–Crippen MR) is 216 cm³/mol. The highest BCUT2D eigenvalue weighted by Crippen LogP contribution is 2.37. The Morgan fingerprint density at radius 2 is 1.81 bits per heavy atom. The van der Waals surface area contributed by atoms with Crippen molar-refractivity contribution in [3.8, 4) is 12.1 Å². The molecular formula is C41H52IN7O4. The van der Waals surface area contributed by atoms with Gasteiger partial charge in [-0.05, 0) is 120 Å². The van der Waals surface area contributed by atoms with E-state index in [0.717, 1.165) is 56.0 Å². The van der Waals surface area contributed by atoms with Crippen molar-refractivity contribution >= 4 is 56.7 Å². The van der Waals surface area contributed by atoms with E-state index >= 15 is 0 Å². The summed E-state index contributed by atoms with van der Waals surface area (Å²) in [5.74, 6) is 0.494. The summed E-state index contributed by atoms with van der Waals surface area (Å²) in [7, 11) is 0. The Labute approximate surface area is 327 Å². The topological polar surface area (TPSA) is 115 Å². The number of aromatic nitrogens is 2. The van der Waals surface area contributed by atoms with Crippen LogP contribution in [0.3, 0.4) is 0 Å². The van der Waals surface area contributed by atoms with Crippen LogP contribution in [0.5, 0.6) is 6.01 Å². The minimum atomic E-state index is -0.602. The first-order chi connectivity index (χ1) is 25.3. The molecule has 0 N–H and O–H groups in total. The van der Waals surface area contributed by atoms with Gasteiger partial charge in [0.25, 0.3) is 0 Å². The van der Waals surface area contributed by atoms with E-state index in [1.54, 1.807) is 4.90 Å². The first-order valence-corrected chi connectivity index (χ1v) is 19.8. The molecule has 6 rings (SSSR count). The molecule has 2 aromatic carbocycles. The van der Waals surface area contributed by atoms with E-state index in [2.05, 4.69) is 86.3 Å². The maximum absolute atomic E-state index is 12.9. The zero-order valence-electron chi connectivity index (χ0n) is 31.7. The quantitative estimate of drug-likeness (QED) is 0.120. The number of likely N-dealkylation sites (tertiary alicyclic amines) is 1. The molecule has 2 fully saturated rings. The lowest BCUT2D eigenvalue weighted by Gasteiger charge is -2.42. The number of rotatable bonds is 11. The second kappa shape index (κ2) is 16.2. The number of esters is 1. The van der Waals surface area contributed by atoms with Gasteiger partial charge in [0, 0.05) is 52.4 Å². The lowest BCUT2D eigenvalue weighted by molar-refractivity contribution is -0.166. The van der Waals surface area contributed by atoms with Crippen LogP contribution >= 0.6 is 22.6 Å². The van der Waals surface area contributed by atoms with Crippen molar-refractivity contribution < 1.29 is 19.1 Å². The van der Waals surface area contributed by atoms with Crippen LogP contribution in [0.4, 0.5) is 11.5 Å². The number of amides is 1. The van der Waals surface area contributed by atoms with Crippen molar-refractivity contribution in [1.82, 2.24) is 19.8 Å². The molecule has 1 amide bonds. The van der Waals surface area contributed by atoms with Crippen LogP contribution in [0.2, 0.25) is 0 Å². The summed E-state index contributed by atoms with van der Waals surface area (Å²) in [4.78, 5) is 44.6. The van der Waals surface area contributed by atoms with E-state index < -0.39 is 11.0 Å². The summed E-state index contributed by atoms with van der Waals surface area (Å²) < 4.78 is 13.4. The number of piperazine rings is 1. The van der Waals surface area contributed by atoms with Gasteiger partial charge in [-0.3, -0.25) is 14.5 Å². The van der Waals surface area contributed by atoms with Gasteiger partial charge in [0.1, 0.15) is 18.0 Å². The predicted octanol–water partition coefficient (Wildman–Crippen LogP) is 6.52. The fourth-order valence-electron chi connectivity index (χ4n) is 7.69. The Balaban J connectivity index is 1.25. The van der Waals surface area contributed by atoms with Crippen LogP contribution in [0.15, 0.2) is 49.1 Å². The minimum Gasteiger partial charge on any atom is -0.462 e. The average molecular weight is 834 g/mol. The fraction of sp³-hybridized carbons (Fsp3) is 0.537. The number of hydrogen-bond acceptors (Lipinski definition) is 10. The van der Waals surface area contributed by atoms with Crippen LogP contribution in [0.1, 0.15) is 71.6 Å². The summed E-state index contributed by atoms with van der Waals surface area (Å²) in [6.45, 7) is 18.4. The SMILES string of the molecule is C=CC(=O)N1CCN(c2nc(OC[C@@H]3CCCN3CCC(C)(C)C(=O)OC(C)(C)C)nc3c2CCN(c2cccc4cccc(I)c24)C3)C[C@@H]1CC#N. The molecular weight excluding hydrogens is 781 g/mol. The summed E-state index contributed by atoms with van der Waals surface area (Å²) in [5, 5.41) is 12.1. The molecule has 1 aromatic heterocycles. The largest absolute Gasteiger partial charge is 0.462 e. The molecule has 0 saturated carbocycles. The summed E-state index contributed by atoms with van der Waals surface area (Å²) in [5.41, 5.74) is 2.08. The smallest absolute Gasteiger partial charge is 0.318 e. The van der Waals surface area contributed by atoms with E-state index in [9.17, 15) is 14.9 Å². The second-order valence-electron chi connectivity index (χ2n) is 16.0. The van der Waals surface area contributed by atoms with Crippen LogP contribution in [0, 0.1) is 20.3 Å². The monoisotopic (exact) mass is 833 g/mol. The van der Waals surface area contributed by atoms with Gasteiger partial charge in [0.05, 0.1) is 36.2 Å². The third kappa shape index (κ3) is 8.89. The Hall–Kier alpha value is -3.96. The molecule has 0 bridgehead atoms. The molecule has 3 aliphatic rings. The molecule has 3 aromatic rings. The molecule has 0 aliphatic carbocycles. The zero-order chi connectivity index (χ0) is 37.9. The molecule has 2 saturated heterocycles. The van der Waals surface area contributed by atoms with Crippen LogP contribution in [-0.2, 0) is 27.3 Å².